The average molecular weight is 358 g/mol. The Balaban J connectivity index is 2.18. The normalized spacial score (nSPS) is 10.8. The standard InChI is InChI=1S/C16H11Cl2F2NO2/c1-23-16-9(6-10(17)7-12(16)18)2-5-15(22)21-14-4-3-11(19)8-13(14)20/h2-8H,1H3,(H,21,22)/b5-2+. The number of methoxy groups -OCH3 is 1. The number of halogens is 4. The first kappa shape index (κ1) is 17.2. The maximum atomic E-state index is 13.5. The number of benzene rings is 2. The number of amides is 1. The van der Waals surface area contributed by atoms with E-state index in [-0.39, 0.29) is 5.69 Å². The number of nitrogens with one attached hydrogen (secondary N) is 1. The molecule has 0 aliphatic heterocycles. The van der Waals surface area contributed by atoms with Crippen LogP contribution in [0.15, 0.2) is 36.4 Å². The van der Waals surface area contributed by atoms with Gasteiger partial charge in [-0.05, 0) is 30.3 Å². The lowest BCUT2D eigenvalue weighted by Gasteiger charge is -2.08. The van der Waals surface area contributed by atoms with E-state index in [0.29, 0.717) is 27.4 Å². The first-order chi connectivity index (χ1) is 10.9. The second-order valence-corrected chi connectivity index (χ2v) is 5.30. The Morgan fingerprint density at radius 3 is 2.61 bits per heavy atom. The van der Waals surface area contributed by atoms with Crippen LogP contribution in [-0.2, 0) is 4.79 Å². The van der Waals surface area contributed by atoms with E-state index >= 15 is 0 Å². The van der Waals surface area contributed by atoms with Gasteiger partial charge in [0.2, 0.25) is 5.91 Å². The van der Waals surface area contributed by atoms with Crippen LogP contribution in [0.5, 0.6) is 5.75 Å². The van der Waals surface area contributed by atoms with E-state index in [2.05, 4.69) is 5.32 Å². The van der Waals surface area contributed by atoms with Crippen LogP contribution in [0.4, 0.5) is 14.5 Å². The molecule has 0 aliphatic rings. The highest BCUT2D eigenvalue weighted by atomic mass is 35.5. The molecule has 0 unspecified atom stereocenters. The lowest BCUT2D eigenvalue weighted by atomic mass is 10.2. The monoisotopic (exact) mass is 357 g/mol. The summed E-state index contributed by atoms with van der Waals surface area (Å²) in [4.78, 5) is 11.8. The minimum atomic E-state index is -0.866. The summed E-state index contributed by atoms with van der Waals surface area (Å²) in [6.07, 6.45) is 2.58. The minimum absolute atomic E-state index is 0.128. The third-order valence-electron chi connectivity index (χ3n) is 2.84. The first-order valence-corrected chi connectivity index (χ1v) is 7.13. The molecule has 2 aromatic rings. The van der Waals surface area contributed by atoms with Crippen LogP contribution < -0.4 is 10.1 Å². The number of ether oxygens (including phenoxy) is 1. The molecule has 0 aromatic heterocycles. The maximum Gasteiger partial charge on any atom is 0.248 e. The molecule has 1 N–H and O–H groups in total. The van der Waals surface area contributed by atoms with Crippen molar-refractivity contribution in [1.82, 2.24) is 0 Å². The van der Waals surface area contributed by atoms with Gasteiger partial charge in [-0.1, -0.05) is 23.2 Å². The molecule has 0 heterocycles. The zero-order chi connectivity index (χ0) is 17.0. The topological polar surface area (TPSA) is 38.3 Å². The van der Waals surface area contributed by atoms with Gasteiger partial charge in [0.15, 0.2) is 0 Å². The molecule has 3 nitrogen and oxygen atoms in total. The molecule has 120 valence electrons. The van der Waals surface area contributed by atoms with Crippen molar-refractivity contribution in [2.45, 2.75) is 0 Å². The highest BCUT2D eigenvalue weighted by molar-refractivity contribution is 6.36. The molecule has 23 heavy (non-hydrogen) atoms. The molecule has 2 rings (SSSR count). The van der Waals surface area contributed by atoms with Gasteiger partial charge in [0, 0.05) is 22.7 Å². The van der Waals surface area contributed by atoms with E-state index in [1.807, 2.05) is 0 Å². The Hall–Kier alpha value is -2.11. The van der Waals surface area contributed by atoms with Gasteiger partial charge in [0.05, 0.1) is 17.8 Å². The third kappa shape index (κ3) is 4.43. The Kier molecular flexibility index (Phi) is 5.58. The van der Waals surface area contributed by atoms with Gasteiger partial charge >= 0.3 is 0 Å². The molecule has 0 atom stereocenters. The molecule has 0 saturated heterocycles. The Morgan fingerprint density at radius 1 is 1.22 bits per heavy atom. The van der Waals surface area contributed by atoms with Crippen LogP contribution in [0.1, 0.15) is 5.56 Å². The summed E-state index contributed by atoms with van der Waals surface area (Å²) in [6, 6.07) is 5.93. The zero-order valence-corrected chi connectivity index (χ0v) is 13.4. The lowest BCUT2D eigenvalue weighted by molar-refractivity contribution is -0.111. The molecule has 1 amide bonds. The van der Waals surface area contributed by atoms with E-state index in [1.54, 1.807) is 6.07 Å². The summed E-state index contributed by atoms with van der Waals surface area (Å²) in [5, 5.41) is 2.97. The van der Waals surface area contributed by atoms with Crippen LogP contribution in [0.2, 0.25) is 10.0 Å². The van der Waals surface area contributed by atoms with Crippen molar-refractivity contribution in [2.75, 3.05) is 12.4 Å². The number of rotatable bonds is 4. The van der Waals surface area contributed by atoms with E-state index < -0.39 is 17.5 Å². The fourth-order valence-corrected chi connectivity index (χ4v) is 2.44. The number of carbonyl (C=O) groups excluding carboxylic acids is 1. The fraction of sp³-hybridized carbons (Fsp3) is 0.0625. The SMILES string of the molecule is COc1c(Cl)cc(Cl)cc1/C=C/C(=O)Nc1ccc(F)cc1F. The van der Waals surface area contributed by atoms with Crippen LogP contribution in [-0.4, -0.2) is 13.0 Å². The van der Waals surface area contributed by atoms with Gasteiger partial charge in [0.1, 0.15) is 17.4 Å². The Labute approximate surface area is 141 Å². The molecule has 0 fully saturated rings. The largest absolute Gasteiger partial charge is 0.495 e. The molecule has 0 aliphatic carbocycles. The molecular weight excluding hydrogens is 347 g/mol. The predicted octanol–water partition coefficient (Wildman–Crippen LogP) is 4.93. The third-order valence-corrected chi connectivity index (χ3v) is 3.34. The number of anilines is 1. The summed E-state index contributed by atoms with van der Waals surface area (Å²) in [6.45, 7) is 0. The summed E-state index contributed by atoms with van der Waals surface area (Å²) < 4.78 is 31.4. The Morgan fingerprint density at radius 2 is 1.96 bits per heavy atom. The van der Waals surface area contributed by atoms with Crippen LogP contribution in [0.25, 0.3) is 6.08 Å². The van der Waals surface area contributed by atoms with Crippen LogP contribution in [0, 0.1) is 11.6 Å². The van der Waals surface area contributed by atoms with Crippen molar-refractivity contribution >= 4 is 40.9 Å². The molecule has 7 heteroatoms. The van der Waals surface area contributed by atoms with Crippen molar-refractivity contribution in [2.24, 2.45) is 0 Å². The summed E-state index contributed by atoms with van der Waals surface area (Å²) in [5.41, 5.74) is 0.358. The first-order valence-electron chi connectivity index (χ1n) is 6.38. The lowest BCUT2D eigenvalue weighted by Crippen LogP contribution is -2.09. The second-order valence-electron chi connectivity index (χ2n) is 4.46. The van der Waals surface area contributed by atoms with Crippen molar-refractivity contribution in [3.63, 3.8) is 0 Å². The van der Waals surface area contributed by atoms with E-state index in [1.165, 1.54) is 19.3 Å². The second kappa shape index (κ2) is 7.44. The number of hydrogen-bond acceptors (Lipinski definition) is 2. The van der Waals surface area contributed by atoms with Crippen molar-refractivity contribution in [1.29, 1.82) is 0 Å². The fourth-order valence-electron chi connectivity index (χ4n) is 1.85. The Bertz CT molecular complexity index is 779. The highest BCUT2D eigenvalue weighted by Gasteiger charge is 2.09. The molecule has 0 spiro atoms. The van der Waals surface area contributed by atoms with Crippen molar-refractivity contribution < 1.29 is 18.3 Å². The minimum Gasteiger partial charge on any atom is -0.495 e. The van der Waals surface area contributed by atoms with E-state index in [4.69, 9.17) is 27.9 Å². The molecule has 0 saturated carbocycles. The summed E-state index contributed by atoms with van der Waals surface area (Å²) in [5.74, 6) is -1.84. The smallest absolute Gasteiger partial charge is 0.248 e. The molecule has 2 aromatic carbocycles. The predicted molar refractivity (Wildman–Crippen MR) is 87.0 cm³/mol. The molecule has 0 bridgehead atoms. The molecular formula is C16H11Cl2F2NO2. The summed E-state index contributed by atoms with van der Waals surface area (Å²) in [7, 11) is 1.43. The number of carbonyl (C=O) groups is 1. The van der Waals surface area contributed by atoms with Gasteiger partial charge in [-0.3, -0.25) is 4.79 Å². The van der Waals surface area contributed by atoms with Crippen LogP contribution >= 0.6 is 23.2 Å². The zero-order valence-electron chi connectivity index (χ0n) is 11.9. The highest BCUT2D eigenvalue weighted by Crippen LogP contribution is 2.33. The summed E-state index contributed by atoms with van der Waals surface area (Å²) >= 11 is 11.9. The average Bonchev–Trinajstić information content (AvgIpc) is 2.47. The number of hydrogen-bond donors (Lipinski definition) is 1. The van der Waals surface area contributed by atoms with Gasteiger partial charge in [-0.25, -0.2) is 8.78 Å². The maximum absolute atomic E-state index is 13.5. The van der Waals surface area contributed by atoms with E-state index in [0.717, 1.165) is 18.2 Å². The molecule has 0 radical (unpaired) electrons. The van der Waals surface area contributed by atoms with Gasteiger partial charge < -0.3 is 10.1 Å². The van der Waals surface area contributed by atoms with E-state index in [9.17, 15) is 13.6 Å². The van der Waals surface area contributed by atoms with Crippen molar-refractivity contribution in [3.8, 4) is 5.75 Å². The van der Waals surface area contributed by atoms with Crippen molar-refractivity contribution in [3.05, 3.63) is 63.7 Å². The quantitative estimate of drug-likeness (QED) is 0.787. The van der Waals surface area contributed by atoms with Crippen LogP contribution in [0.3, 0.4) is 0 Å². The van der Waals surface area contributed by atoms with Gasteiger partial charge in [-0.2, -0.15) is 0 Å². The van der Waals surface area contributed by atoms with Gasteiger partial charge in [-0.15, -0.1) is 0 Å². The van der Waals surface area contributed by atoms with Gasteiger partial charge in [0.25, 0.3) is 0 Å².